The highest BCUT2D eigenvalue weighted by molar-refractivity contribution is 5.76. The summed E-state index contributed by atoms with van der Waals surface area (Å²) in [5.74, 6) is -0.232. The summed E-state index contributed by atoms with van der Waals surface area (Å²) in [6.45, 7) is 1.88. The van der Waals surface area contributed by atoms with Crippen LogP contribution in [0.2, 0.25) is 0 Å². The SMILES string of the molecule is CCCCCCCCCCCCCCCCCCCCCCCCCCCCCCCCCC(O)C(COC1OC(CO)C(OC2OC(CO)C(OC3OC(CO)C(O)C(O)C3O)C(O)C2O)C(O)C1O)NC(=O)CCCCCCCCCCCCCCCCCCCCCCCCCC. The first kappa shape index (κ1) is 93.0. The lowest BCUT2D eigenvalue weighted by Crippen LogP contribution is -2.66. The van der Waals surface area contributed by atoms with Gasteiger partial charge in [0.25, 0.3) is 0 Å². The van der Waals surface area contributed by atoms with Crippen molar-refractivity contribution < 1.29 is 89.4 Å². The summed E-state index contributed by atoms with van der Waals surface area (Å²) in [5.41, 5.74) is 0. The molecule has 17 atom stereocenters. The average Bonchev–Trinajstić information content (AvgIpc) is 0.782. The maximum absolute atomic E-state index is 13.5. The normalized spacial score (nSPS) is 26.4. The number of rotatable bonds is 69. The molecule has 1 amide bonds. The minimum absolute atomic E-state index is 0.232. The van der Waals surface area contributed by atoms with Gasteiger partial charge in [0.2, 0.25) is 5.91 Å². The Labute approximate surface area is 608 Å². The van der Waals surface area contributed by atoms with Crippen LogP contribution in [-0.2, 0) is 33.2 Å². The molecule has 0 spiro atoms. The minimum atomic E-state index is -1.97. The fourth-order valence-electron chi connectivity index (χ4n) is 14.9. The van der Waals surface area contributed by atoms with Crippen LogP contribution in [0.1, 0.15) is 380 Å². The number of aliphatic hydroxyl groups is 11. The predicted octanol–water partition coefficient (Wildman–Crippen LogP) is 14.6. The summed E-state index contributed by atoms with van der Waals surface area (Å²) in [7, 11) is 0. The van der Waals surface area contributed by atoms with E-state index in [-0.39, 0.29) is 18.9 Å². The second kappa shape index (κ2) is 62.8. The maximum atomic E-state index is 13.5. The molecule has 100 heavy (non-hydrogen) atoms. The van der Waals surface area contributed by atoms with Gasteiger partial charge >= 0.3 is 0 Å². The number of aliphatic hydroxyl groups excluding tert-OH is 11. The Bertz CT molecular complexity index is 1810. The van der Waals surface area contributed by atoms with Gasteiger partial charge in [-0.15, -0.1) is 0 Å². The van der Waals surface area contributed by atoms with E-state index in [9.17, 15) is 61.0 Å². The summed E-state index contributed by atoms with van der Waals surface area (Å²) < 4.78 is 34.6. The van der Waals surface area contributed by atoms with E-state index in [1.165, 1.54) is 302 Å². The minimum Gasteiger partial charge on any atom is -0.394 e. The summed E-state index contributed by atoms with van der Waals surface area (Å²) in [6, 6.07) is -0.884. The van der Waals surface area contributed by atoms with Crippen molar-refractivity contribution in [1.82, 2.24) is 5.32 Å². The molecule has 3 aliphatic heterocycles. The second-order valence-corrected chi connectivity index (χ2v) is 30.7. The quantitative estimate of drug-likeness (QED) is 0.0252. The Hall–Kier alpha value is -1.21. The van der Waals surface area contributed by atoms with Crippen molar-refractivity contribution in [3.8, 4) is 0 Å². The second-order valence-electron chi connectivity index (χ2n) is 30.7. The van der Waals surface area contributed by atoms with Gasteiger partial charge in [-0.25, -0.2) is 0 Å². The number of unbranched alkanes of at least 4 members (excludes halogenated alkanes) is 53. The third kappa shape index (κ3) is 42.4. The highest BCUT2D eigenvalue weighted by Gasteiger charge is 2.54. The van der Waals surface area contributed by atoms with Crippen molar-refractivity contribution >= 4 is 5.91 Å². The molecule has 0 radical (unpaired) electrons. The number of hydrogen-bond acceptors (Lipinski definition) is 18. The van der Waals surface area contributed by atoms with Crippen LogP contribution in [0.25, 0.3) is 0 Å². The smallest absolute Gasteiger partial charge is 0.220 e. The van der Waals surface area contributed by atoms with E-state index < -0.39 is 124 Å². The van der Waals surface area contributed by atoms with Crippen LogP contribution < -0.4 is 5.32 Å². The van der Waals surface area contributed by atoms with E-state index in [1.54, 1.807) is 0 Å². The van der Waals surface area contributed by atoms with Gasteiger partial charge in [0.15, 0.2) is 18.9 Å². The van der Waals surface area contributed by atoms with E-state index >= 15 is 0 Å². The molecular weight excluding hydrogens is 1270 g/mol. The number of nitrogens with one attached hydrogen (secondary N) is 1. The van der Waals surface area contributed by atoms with Crippen molar-refractivity contribution in [2.45, 2.75) is 484 Å². The van der Waals surface area contributed by atoms with Gasteiger partial charge in [0, 0.05) is 6.42 Å². The zero-order valence-corrected chi connectivity index (χ0v) is 63.7. The van der Waals surface area contributed by atoms with Crippen molar-refractivity contribution in [2.24, 2.45) is 0 Å². The van der Waals surface area contributed by atoms with Crippen LogP contribution in [0.3, 0.4) is 0 Å². The Morgan fingerprint density at radius 2 is 0.570 bits per heavy atom. The van der Waals surface area contributed by atoms with Crippen LogP contribution in [-0.4, -0.2) is 193 Å². The number of ether oxygens (including phenoxy) is 6. The third-order valence-corrected chi connectivity index (χ3v) is 21.7. The first-order valence-corrected chi connectivity index (χ1v) is 42.3. The molecule has 19 nitrogen and oxygen atoms in total. The molecule has 19 heteroatoms. The first-order valence-electron chi connectivity index (χ1n) is 42.3. The Morgan fingerprint density at radius 3 is 0.870 bits per heavy atom. The molecule has 3 heterocycles. The number of amides is 1. The van der Waals surface area contributed by atoms with Gasteiger partial charge in [-0.3, -0.25) is 4.79 Å². The van der Waals surface area contributed by atoms with E-state index in [0.29, 0.717) is 12.8 Å². The van der Waals surface area contributed by atoms with Gasteiger partial charge in [-0.05, 0) is 12.8 Å². The highest BCUT2D eigenvalue weighted by atomic mass is 16.8. The fraction of sp³-hybridized carbons (Fsp3) is 0.988. The van der Waals surface area contributed by atoms with Gasteiger partial charge in [0.05, 0.1) is 38.6 Å². The molecule has 0 aromatic rings. The van der Waals surface area contributed by atoms with Crippen LogP contribution >= 0.6 is 0 Å². The van der Waals surface area contributed by atoms with Crippen molar-refractivity contribution in [1.29, 1.82) is 0 Å². The molecule has 12 N–H and O–H groups in total. The lowest BCUT2D eigenvalue weighted by atomic mass is 9.96. The highest BCUT2D eigenvalue weighted by Crippen LogP contribution is 2.34. The molecular formula is C81H157NO18. The Kier molecular flexibility index (Phi) is 58.4. The van der Waals surface area contributed by atoms with Crippen LogP contribution in [0.15, 0.2) is 0 Å². The number of carbonyl (C=O) groups is 1. The van der Waals surface area contributed by atoms with Crippen LogP contribution in [0.5, 0.6) is 0 Å². The molecule has 3 aliphatic rings. The number of hydrogen-bond donors (Lipinski definition) is 12. The van der Waals surface area contributed by atoms with Gasteiger partial charge < -0.3 is 89.9 Å². The largest absolute Gasteiger partial charge is 0.394 e. The van der Waals surface area contributed by atoms with E-state index in [0.717, 1.165) is 44.9 Å². The topological polar surface area (TPSA) is 307 Å². The average molecular weight is 1430 g/mol. The van der Waals surface area contributed by atoms with E-state index in [2.05, 4.69) is 19.2 Å². The summed E-state index contributed by atoms with van der Waals surface area (Å²) in [6.07, 6.45) is 46.3. The summed E-state index contributed by atoms with van der Waals surface area (Å²) in [5, 5.41) is 121. The summed E-state index contributed by atoms with van der Waals surface area (Å²) in [4.78, 5) is 13.5. The van der Waals surface area contributed by atoms with Gasteiger partial charge in [-0.1, -0.05) is 361 Å². The monoisotopic (exact) mass is 1430 g/mol. The zero-order chi connectivity index (χ0) is 72.5. The molecule has 3 fully saturated rings. The molecule has 17 unspecified atom stereocenters. The molecule has 594 valence electrons. The lowest BCUT2D eigenvalue weighted by Gasteiger charge is -2.48. The fourth-order valence-corrected chi connectivity index (χ4v) is 14.9. The predicted molar refractivity (Wildman–Crippen MR) is 397 cm³/mol. The standard InChI is InChI=1S/C81H157NO18/c1-3-5-7-9-11-13-15-17-19-21-23-25-27-29-30-31-32-33-34-35-36-38-40-42-44-46-48-50-52-54-56-58-65(86)64(82-69(87)59-57-55-53-51-49-47-45-43-41-39-37-28-26-24-22-20-18-16-14-12-10-8-6-4-2)63-95-79-75(93)72(90)77(67(61-84)97-79)100-81-76(94)73(91)78(68(62-85)98-81)99-80-74(92)71(89)70(88)66(60-83)96-80/h64-68,70-81,83-86,88-94H,3-63H2,1-2H3,(H,82,87). The molecule has 3 saturated heterocycles. The van der Waals surface area contributed by atoms with E-state index in [4.69, 9.17) is 28.4 Å². The Balaban J connectivity index is 1.34. The zero-order valence-electron chi connectivity index (χ0n) is 63.7. The number of carbonyl (C=O) groups excluding carboxylic acids is 1. The molecule has 0 saturated carbocycles. The lowest BCUT2D eigenvalue weighted by molar-refractivity contribution is -0.379. The molecule has 0 bridgehead atoms. The first-order chi connectivity index (χ1) is 48.8. The molecule has 0 aromatic heterocycles. The van der Waals surface area contributed by atoms with Crippen LogP contribution in [0, 0.1) is 0 Å². The van der Waals surface area contributed by atoms with Crippen LogP contribution in [0.4, 0.5) is 0 Å². The van der Waals surface area contributed by atoms with Crippen molar-refractivity contribution in [3.63, 3.8) is 0 Å². The Morgan fingerprint density at radius 1 is 0.320 bits per heavy atom. The maximum Gasteiger partial charge on any atom is 0.220 e. The molecule has 0 aliphatic carbocycles. The van der Waals surface area contributed by atoms with E-state index in [1.807, 2.05) is 0 Å². The van der Waals surface area contributed by atoms with Crippen molar-refractivity contribution in [2.75, 3.05) is 26.4 Å². The van der Waals surface area contributed by atoms with Gasteiger partial charge in [-0.2, -0.15) is 0 Å². The summed E-state index contributed by atoms with van der Waals surface area (Å²) >= 11 is 0. The molecule has 0 aromatic carbocycles. The van der Waals surface area contributed by atoms with Crippen molar-refractivity contribution in [3.05, 3.63) is 0 Å². The van der Waals surface area contributed by atoms with Gasteiger partial charge in [0.1, 0.15) is 73.2 Å². The molecule has 3 rings (SSSR count). The third-order valence-electron chi connectivity index (χ3n) is 21.7.